The van der Waals surface area contributed by atoms with Crippen LogP contribution in [0.15, 0.2) is 42.5 Å². The van der Waals surface area contributed by atoms with Gasteiger partial charge in [0.2, 0.25) is 0 Å². The molecule has 0 aliphatic carbocycles. The summed E-state index contributed by atoms with van der Waals surface area (Å²) in [6.07, 6.45) is -1.07. The van der Waals surface area contributed by atoms with Crippen molar-refractivity contribution < 1.29 is 18.7 Å². The van der Waals surface area contributed by atoms with E-state index in [1.165, 1.54) is 19.2 Å². The molecule has 0 aromatic heterocycles. The van der Waals surface area contributed by atoms with Crippen molar-refractivity contribution in [3.63, 3.8) is 0 Å². The van der Waals surface area contributed by atoms with Gasteiger partial charge < -0.3 is 20.5 Å². The van der Waals surface area contributed by atoms with Gasteiger partial charge in [0.1, 0.15) is 17.4 Å². The molecular formula is C21H27ClFN3O3. The summed E-state index contributed by atoms with van der Waals surface area (Å²) in [6, 6.07) is 11.3. The average molecular weight is 424 g/mol. The highest BCUT2D eigenvalue weighted by atomic mass is 35.5. The minimum absolute atomic E-state index is 0. The molecule has 29 heavy (non-hydrogen) atoms. The maximum atomic E-state index is 14.5. The van der Waals surface area contributed by atoms with Gasteiger partial charge in [-0.15, -0.1) is 12.4 Å². The van der Waals surface area contributed by atoms with Gasteiger partial charge in [-0.3, -0.25) is 10.2 Å². The fourth-order valence-electron chi connectivity index (χ4n) is 2.53. The molecule has 1 atom stereocenters. The lowest BCUT2D eigenvalue weighted by atomic mass is 10.1. The summed E-state index contributed by atoms with van der Waals surface area (Å²) in [5.41, 5.74) is 6.99. The highest BCUT2D eigenvalue weighted by Gasteiger charge is 2.23. The predicted molar refractivity (Wildman–Crippen MR) is 113 cm³/mol. The molecule has 2 aromatic rings. The lowest BCUT2D eigenvalue weighted by molar-refractivity contribution is -0.131. The van der Waals surface area contributed by atoms with Gasteiger partial charge in [0.25, 0.3) is 5.91 Å². The first kappa shape index (κ1) is 24.4. The Kier molecular flexibility index (Phi) is 9.58. The summed E-state index contributed by atoms with van der Waals surface area (Å²) >= 11 is 0. The molecule has 1 amide bonds. The van der Waals surface area contributed by atoms with Crippen molar-refractivity contribution in [2.45, 2.75) is 26.5 Å². The molecule has 4 N–H and O–H groups in total. The second-order valence-corrected chi connectivity index (χ2v) is 6.83. The topological polar surface area (TPSA) is 97.4 Å². The molecule has 0 bridgehead atoms. The van der Waals surface area contributed by atoms with Crippen LogP contribution in [0.5, 0.6) is 5.75 Å². The van der Waals surface area contributed by atoms with E-state index >= 15 is 0 Å². The van der Waals surface area contributed by atoms with Crippen molar-refractivity contribution in [2.24, 2.45) is 11.7 Å². The van der Waals surface area contributed by atoms with E-state index in [2.05, 4.69) is 5.32 Å². The molecular weight excluding hydrogens is 397 g/mol. The van der Waals surface area contributed by atoms with E-state index in [1.807, 2.05) is 13.8 Å². The smallest absolute Gasteiger partial charge is 0.254 e. The molecule has 1 unspecified atom stereocenters. The Labute approximate surface area is 176 Å². The molecule has 8 heteroatoms. The molecule has 0 spiro atoms. The fraction of sp³-hybridized carbons (Fsp3) is 0.333. The Balaban J connectivity index is 0.00000420. The summed E-state index contributed by atoms with van der Waals surface area (Å²) in [5.74, 6) is -0.297. The number of methoxy groups -OCH3 is 1. The number of nitrogen functional groups attached to an aromatic ring is 1. The largest absolute Gasteiger partial charge is 0.493 e. The van der Waals surface area contributed by atoms with Crippen LogP contribution in [-0.2, 0) is 16.1 Å². The third-order valence-corrected chi connectivity index (χ3v) is 4.04. The second-order valence-electron chi connectivity index (χ2n) is 6.83. The van der Waals surface area contributed by atoms with Crippen molar-refractivity contribution in [2.75, 3.05) is 13.7 Å². The van der Waals surface area contributed by atoms with E-state index in [9.17, 15) is 9.18 Å². The van der Waals surface area contributed by atoms with E-state index in [-0.39, 0.29) is 30.4 Å². The van der Waals surface area contributed by atoms with Crippen LogP contribution in [0.25, 0.3) is 0 Å². The average Bonchev–Trinajstić information content (AvgIpc) is 2.67. The molecule has 158 valence electrons. The van der Waals surface area contributed by atoms with Gasteiger partial charge in [0.05, 0.1) is 6.61 Å². The number of benzene rings is 2. The number of nitrogens with one attached hydrogen (secondary N) is 2. The van der Waals surface area contributed by atoms with Gasteiger partial charge in [-0.25, -0.2) is 4.39 Å². The SMILES string of the molecule is COC(C(=O)NCc1ccc(C(=N)N)cc1)c1ccc(OCC(C)C)cc1F.Cl. The zero-order valence-corrected chi connectivity index (χ0v) is 17.5. The number of hydrogen-bond donors (Lipinski definition) is 3. The first-order valence-corrected chi connectivity index (χ1v) is 8.98. The van der Waals surface area contributed by atoms with Crippen molar-refractivity contribution >= 4 is 24.1 Å². The number of amidine groups is 1. The van der Waals surface area contributed by atoms with E-state index in [0.717, 1.165) is 5.56 Å². The van der Waals surface area contributed by atoms with Crippen LogP contribution < -0.4 is 15.8 Å². The minimum Gasteiger partial charge on any atom is -0.493 e. The van der Waals surface area contributed by atoms with Crippen LogP contribution in [0.1, 0.15) is 36.6 Å². The molecule has 0 aliphatic heterocycles. The zero-order chi connectivity index (χ0) is 20.7. The molecule has 2 rings (SSSR count). The normalized spacial score (nSPS) is 11.5. The third-order valence-electron chi connectivity index (χ3n) is 4.04. The maximum Gasteiger partial charge on any atom is 0.254 e. The summed E-state index contributed by atoms with van der Waals surface area (Å²) in [6.45, 7) is 4.73. The Hall–Kier alpha value is -2.64. The molecule has 6 nitrogen and oxygen atoms in total. The number of halogens is 2. The summed E-state index contributed by atoms with van der Waals surface area (Å²) in [5, 5.41) is 10.1. The third kappa shape index (κ3) is 7.03. The Morgan fingerprint density at radius 1 is 1.21 bits per heavy atom. The number of rotatable bonds is 9. The van der Waals surface area contributed by atoms with Gasteiger partial charge in [-0.05, 0) is 23.6 Å². The number of ether oxygens (including phenoxy) is 2. The quantitative estimate of drug-likeness (QED) is 0.424. The maximum absolute atomic E-state index is 14.5. The fourth-order valence-corrected chi connectivity index (χ4v) is 2.53. The predicted octanol–water partition coefficient (Wildman–Crippen LogP) is 3.57. The van der Waals surface area contributed by atoms with Crippen molar-refractivity contribution in [3.8, 4) is 5.75 Å². The monoisotopic (exact) mass is 423 g/mol. The standard InChI is InChI=1S/C21H26FN3O3.ClH/c1-13(2)12-28-16-8-9-17(18(22)10-16)19(27-3)21(26)25-11-14-4-6-15(7-5-14)20(23)24;/h4-10,13,19H,11-12H2,1-3H3,(H3,23,24)(H,25,26);1H. The Morgan fingerprint density at radius 3 is 2.38 bits per heavy atom. The molecule has 0 saturated heterocycles. The molecule has 0 radical (unpaired) electrons. The van der Waals surface area contributed by atoms with Crippen LogP contribution in [-0.4, -0.2) is 25.5 Å². The second kappa shape index (κ2) is 11.4. The van der Waals surface area contributed by atoms with Gasteiger partial charge in [-0.2, -0.15) is 0 Å². The number of nitrogens with two attached hydrogens (primary N) is 1. The number of carbonyl (C=O) groups is 1. The number of amides is 1. The first-order chi connectivity index (χ1) is 13.3. The molecule has 0 fully saturated rings. The lowest BCUT2D eigenvalue weighted by Gasteiger charge is -2.17. The van der Waals surface area contributed by atoms with Crippen molar-refractivity contribution in [3.05, 3.63) is 65.0 Å². The molecule has 0 aliphatic rings. The first-order valence-electron chi connectivity index (χ1n) is 8.98. The van der Waals surface area contributed by atoms with E-state index in [1.54, 1.807) is 30.3 Å². The van der Waals surface area contributed by atoms with Crippen LogP contribution in [0.4, 0.5) is 4.39 Å². The van der Waals surface area contributed by atoms with Crippen LogP contribution in [0.3, 0.4) is 0 Å². The molecule has 0 heterocycles. The zero-order valence-electron chi connectivity index (χ0n) is 16.7. The van der Waals surface area contributed by atoms with Gasteiger partial charge in [0.15, 0.2) is 6.10 Å². The van der Waals surface area contributed by atoms with E-state index in [0.29, 0.717) is 23.8 Å². The van der Waals surface area contributed by atoms with Crippen LogP contribution >= 0.6 is 12.4 Å². The number of hydrogen-bond acceptors (Lipinski definition) is 4. The molecule has 2 aromatic carbocycles. The highest BCUT2D eigenvalue weighted by molar-refractivity contribution is 5.94. The number of carbonyl (C=O) groups excluding carboxylic acids is 1. The van der Waals surface area contributed by atoms with Crippen LogP contribution in [0, 0.1) is 17.1 Å². The highest BCUT2D eigenvalue weighted by Crippen LogP contribution is 2.25. The van der Waals surface area contributed by atoms with Gasteiger partial charge >= 0.3 is 0 Å². The van der Waals surface area contributed by atoms with Crippen LogP contribution in [0.2, 0.25) is 0 Å². The van der Waals surface area contributed by atoms with Gasteiger partial charge in [-0.1, -0.05) is 38.1 Å². The Bertz CT molecular complexity index is 828. The summed E-state index contributed by atoms with van der Waals surface area (Å²) in [7, 11) is 1.36. The van der Waals surface area contributed by atoms with Crippen molar-refractivity contribution in [1.29, 1.82) is 5.41 Å². The minimum atomic E-state index is -1.07. The van der Waals surface area contributed by atoms with E-state index < -0.39 is 17.8 Å². The summed E-state index contributed by atoms with van der Waals surface area (Å²) < 4.78 is 25.2. The summed E-state index contributed by atoms with van der Waals surface area (Å²) in [4.78, 5) is 12.5. The lowest BCUT2D eigenvalue weighted by Crippen LogP contribution is -2.30. The molecule has 0 saturated carbocycles. The Morgan fingerprint density at radius 2 is 1.86 bits per heavy atom. The van der Waals surface area contributed by atoms with E-state index in [4.69, 9.17) is 20.6 Å². The van der Waals surface area contributed by atoms with Crippen molar-refractivity contribution in [1.82, 2.24) is 5.32 Å². The van der Waals surface area contributed by atoms with Gasteiger partial charge in [0, 0.05) is 30.8 Å².